The molecule has 0 saturated heterocycles. The molecule has 0 aliphatic heterocycles. The summed E-state index contributed by atoms with van der Waals surface area (Å²) in [6, 6.07) is 0. The molecule has 2 saturated carbocycles. The Kier molecular flexibility index (Phi) is 2.88. The van der Waals surface area contributed by atoms with Crippen molar-refractivity contribution in [2.24, 2.45) is 29.6 Å². The Morgan fingerprint density at radius 1 is 1.14 bits per heavy atom. The molecular weight excluding hydrogens is 172 g/mol. The zero-order valence-electron chi connectivity index (χ0n) is 9.74. The summed E-state index contributed by atoms with van der Waals surface area (Å²) >= 11 is 0. The third-order valence-electron chi connectivity index (χ3n) is 4.46. The molecule has 0 amide bonds. The summed E-state index contributed by atoms with van der Waals surface area (Å²) in [6.45, 7) is 6.62. The Balaban J connectivity index is 2.05. The van der Waals surface area contributed by atoms with Gasteiger partial charge in [0.2, 0.25) is 0 Å². The minimum atomic E-state index is -0.0750. The van der Waals surface area contributed by atoms with E-state index >= 15 is 0 Å². The summed E-state index contributed by atoms with van der Waals surface area (Å²) in [7, 11) is 0. The van der Waals surface area contributed by atoms with Crippen LogP contribution >= 0.6 is 0 Å². The zero-order valence-corrected chi connectivity index (χ0v) is 9.74. The van der Waals surface area contributed by atoms with E-state index in [1.54, 1.807) is 0 Å². The lowest BCUT2D eigenvalue weighted by molar-refractivity contribution is 0.0449. The van der Waals surface area contributed by atoms with E-state index in [1.807, 2.05) is 6.92 Å². The molecule has 2 aliphatic carbocycles. The van der Waals surface area contributed by atoms with Crippen LogP contribution in [0.15, 0.2) is 0 Å². The van der Waals surface area contributed by atoms with Crippen LogP contribution in [0, 0.1) is 29.6 Å². The van der Waals surface area contributed by atoms with E-state index in [0.29, 0.717) is 5.92 Å². The van der Waals surface area contributed by atoms with E-state index in [2.05, 4.69) is 13.8 Å². The molecule has 2 bridgehead atoms. The molecule has 2 aliphatic rings. The van der Waals surface area contributed by atoms with Crippen LogP contribution in [-0.2, 0) is 0 Å². The molecule has 0 heterocycles. The first kappa shape index (κ1) is 10.5. The Morgan fingerprint density at radius 3 is 2.36 bits per heavy atom. The summed E-state index contributed by atoms with van der Waals surface area (Å²) in [4.78, 5) is 0. The van der Waals surface area contributed by atoms with Gasteiger partial charge in [0.05, 0.1) is 6.10 Å². The highest BCUT2D eigenvalue weighted by molar-refractivity contribution is 4.98. The molecular formula is C13H24O. The van der Waals surface area contributed by atoms with Gasteiger partial charge < -0.3 is 5.11 Å². The molecule has 0 radical (unpaired) electrons. The van der Waals surface area contributed by atoms with Crippen LogP contribution in [-0.4, -0.2) is 11.2 Å². The smallest absolute Gasteiger partial charge is 0.0545 e. The fourth-order valence-corrected chi connectivity index (χ4v) is 4.10. The van der Waals surface area contributed by atoms with Gasteiger partial charge in [0.25, 0.3) is 0 Å². The number of aliphatic hydroxyl groups is 1. The van der Waals surface area contributed by atoms with Crippen molar-refractivity contribution in [3.8, 4) is 0 Å². The standard InChI is InChI=1S/C13H24O/c1-8(2)6-12-10-4-5-11(7-10)13(12)9(3)14/h8-14H,4-7H2,1-3H3. The van der Waals surface area contributed by atoms with Gasteiger partial charge >= 0.3 is 0 Å². The van der Waals surface area contributed by atoms with Crippen LogP contribution in [0.1, 0.15) is 46.5 Å². The molecule has 0 spiro atoms. The number of hydrogen-bond acceptors (Lipinski definition) is 1. The number of aliphatic hydroxyl groups excluding tert-OH is 1. The Bertz CT molecular complexity index is 197. The van der Waals surface area contributed by atoms with Gasteiger partial charge in [0.1, 0.15) is 0 Å². The topological polar surface area (TPSA) is 20.2 Å². The molecule has 14 heavy (non-hydrogen) atoms. The molecule has 82 valence electrons. The van der Waals surface area contributed by atoms with Crippen molar-refractivity contribution in [3.05, 3.63) is 0 Å². The average Bonchev–Trinajstić information content (AvgIpc) is 2.61. The summed E-state index contributed by atoms with van der Waals surface area (Å²) in [6.07, 6.45) is 5.48. The van der Waals surface area contributed by atoms with Gasteiger partial charge in [0.15, 0.2) is 0 Å². The minimum absolute atomic E-state index is 0.0750. The molecule has 5 atom stereocenters. The van der Waals surface area contributed by atoms with Crippen molar-refractivity contribution >= 4 is 0 Å². The number of hydrogen-bond donors (Lipinski definition) is 1. The highest BCUT2D eigenvalue weighted by Gasteiger charge is 2.48. The monoisotopic (exact) mass is 196 g/mol. The van der Waals surface area contributed by atoms with Crippen molar-refractivity contribution in [2.45, 2.75) is 52.6 Å². The zero-order chi connectivity index (χ0) is 10.3. The van der Waals surface area contributed by atoms with Gasteiger partial charge in [-0.05, 0) is 62.2 Å². The number of rotatable bonds is 3. The predicted octanol–water partition coefficient (Wildman–Crippen LogP) is 3.08. The van der Waals surface area contributed by atoms with Crippen LogP contribution in [0.25, 0.3) is 0 Å². The van der Waals surface area contributed by atoms with Crippen molar-refractivity contribution < 1.29 is 5.11 Å². The second-order valence-corrected chi connectivity index (χ2v) is 5.94. The molecule has 0 aromatic carbocycles. The highest BCUT2D eigenvalue weighted by atomic mass is 16.3. The van der Waals surface area contributed by atoms with Crippen LogP contribution in [0.3, 0.4) is 0 Å². The van der Waals surface area contributed by atoms with Gasteiger partial charge in [-0.25, -0.2) is 0 Å². The minimum Gasteiger partial charge on any atom is -0.393 e. The summed E-state index contributed by atoms with van der Waals surface area (Å²) < 4.78 is 0. The third kappa shape index (κ3) is 1.71. The Hall–Kier alpha value is -0.0400. The fourth-order valence-electron chi connectivity index (χ4n) is 4.10. The summed E-state index contributed by atoms with van der Waals surface area (Å²) in [5, 5.41) is 9.86. The van der Waals surface area contributed by atoms with Gasteiger partial charge in [-0.1, -0.05) is 13.8 Å². The lowest BCUT2D eigenvalue weighted by Crippen LogP contribution is -2.31. The maximum atomic E-state index is 9.86. The SMILES string of the molecule is CC(C)CC1C2CCC(C2)C1C(C)O. The second-order valence-electron chi connectivity index (χ2n) is 5.94. The van der Waals surface area contributed by atoms with Gasteiger partial charge in [-0.2, -0.15) is 0 Å². The third-order valence-corrected chi connectivity index (χ3v) is 4.46. The molecule has 2 rings (SSSR count). The summed E-state index contributed by atoms with van der Waals surface area (Å²) in [5.74, 6) is 4.04. The van der Waals surface area contributed by atoms with Gasteiger partial charge in [-0.15, -0.1) is 0 Å². The van der Waals surface area contributed by atoms with E-state index in [0.717, 1.165) is 23.7 Å². The van der Waals surface area contributed by atoms with Crippen LogP contribution in [0.4, 0.5) is 0 Å². The van der Waals surface area contributed by atoms with E-state index < -0.39 is 0 Å². The normalized spacial score (nSPS) is 43.5. The Morgan fingerprint density at radius 2 is 1.79 bits per heavy atom. The molecule has 0 aromatic heterocycles. The van der Waals surface area contributed by atoms with Crippen molar-refractivity contribution in [1.29, 1.82) is 0 Å². The largest absolute Gasteiger partial charge is 0.393 e. The molecule has 1 N–H and O–H groups in total. The lowest BCUT2D eigenvalue weighted by atomic mass is 9.73. The first-order valence-electron chi connectivity index (χ1n) is 6.27. The maximum Gasteiger partial charge on any atom is 0.0545 e. The van der Waals surface area contributed by atoms with E-state index in [1.165, 1.54) is 25.7 Å². The molecule has 2 fully saturated rings. The number of fused-ring (bicyclic) bond motifs is 2. The van der Waals surface area contributed by atoms with E-state index in [-0.39, 0.29) is 6.10 Å². The van der Waals surface area contributed by atoms with Gasteiger partial charge in [-0.3, -0.25) is 0 Å². The second kappa shape index (κ2) is 3.84. The predicted molar refractivity (Wildman–Crippen MR) is 58.9 cm³/mol. The summed E-state index contributed by atoms with van der Waals surface area (Å²) in [5.41, 5.74) is 0. The van der Waals surface area contributed by atoms with Crippen LogP contribution < -0.4 is 0 Å². The van der Waals surface area contributed by atoms with E-state index in [9.17, 15) is 5.11 Å². The quantitative estimate of drug-likeness (QED) is 0.735. The van der Waals surface area contributed by atoms with Crippen molar-refractivity contribution in [1.82, 2.24) is 0 Å². The van der Waals surface area contributed by atoms with Crippen molar-refractivity contribution in [2.75, 3.05) is 0 Å². The molecule has 5 unspecified atom stereocenters. The van der Waals surface area contributed by atoms with Crippen LogP contribution in [0.2, 0.25) is 0 Å². The lowest BCUT2D eigenvalue weighted by Gasteiger charge is -2.34. The first-order chi connectivity index (χ1) is 6.59. The average molecular weight is 196 g/mol. The maximum absolute atomic E-state index is 9.86. The van der Waals surface area contributed by atoms with Crippen LogP contribution in [0.5, 0.6) is 0 Å². The fraction of sp³-hybridized carbons (Fsp3) is 1.00. The molecule has 0 aromatic rings. The molecule has 1 nitrogen and oxygen atoms in total. The van der Waals surface area contributed by atoms with Crippen molar-refractivity contribution in [3.63, 3.8) is 0 Å². The molecule has 1 heteroatoms. The highest BCUT2D eigenvalue weighted by Crippen LogP contribution is 2.55. The van der Waals surface area contributed by atoms with E-state index in [4.69, 9.17) is 0 Å². The Labute approximate surface area is 87.9 Å². The first-order valence-corrected chi connectivity index (χ1v) is 6.27. The van der Waals surface area contributed by atoms with Gasteiger partial charge in [0, 0.05) is 0 Å².